The number of hydrogen-bond acceptors (Lipinski definition) is 6. The van der Waals surface area contributed by atoms with Crippen molar-refractivity contribution in [3.63, 3.8) is 0 Å². The topological polar surface area (TPSA) is 93.0 Å². The third-order valence-corrected chi connectivity index (χ3v) is 8.12. The van der Waals surface area contributed by atoms with Crippen molar-refractivity contribution in [3.8, 4) is 5.75 Å². The average Bonchev–Trinajstić information content (AvgIpc) is 3.51. The van der Waals surface area contributed by atoms with Crippen LogP contribution in [-0.4, -0.2) is 65.3 Å². The van der Waals surface area contributed by atoms with Crippen LogP contribution in [0.15, 0.2) is 48.8 Å². The number of likely N-dealkylation sites (tertiary alicyclic amines) is 1. The first-order valence-electron chi connectivity index (χ1n) is 11.3. The van der Waals surface area contributed by atoms with E-state index < -0.39 is 9.84 Å². The zero-order chi connectivity index (χ0) is 23.0. The highest BCUT2D eigenvalue weighted by Gasteiger charge is 2.42. The predicted molar refractivity (Wildman–Crippen MR) is 125 cm³/mol. The van der Waals surface area contributed by atoms with Gasteiger partial charge in [-0.05, 0) is 68.8 Å². The van der Waals surface area contributed by atoms with Gasteiger partial charge in [0, 0.05) is 24.0 Å². The monoisotopic (exact) mass is 468 g/mol. The first-order valence-corrected chi connectivity index (χ1v) is 13.1. The lowest BCUT2D eigenvalue weighted by molar-refractivity contribution is 0.0918. The van der Waals surface area contributed by atoms with Gasteiger partial charge in [-0.15, -0.1) is 0 Å². The van der Waals surface area contributed by atoms with E-state index in [9.17, 15) is 13.2 Å². The molecule has 4 heterocycles. The Bertz CT molecular complexity index is 1260. The minimum Gasteiger partial charge on any atom is -0.487 e. The van der Waals surface area contributed by atoms with E-state index in [2.05, 4.69) is 15.2 Å². The number of hydrogen-bond donors (Lipinski definition) is 1. The van der Waals surface area contributed by atoms with Gasteiger partial charge in [-0.2, -0.15) is 0 Å². The Labute approximate surface area is 193 Å². The largest absolute Gasteiger partial charge is 0.487 e. The van der Waals surface area contributed by atoms with Gasteiger partial charge in [0.15, 0.2) is 9.84 Å². The molecule has 0 bridgehead atoms. The van der Waals surface area contributed by atoms with Crippen molar-refractivity contribution < 1.29 is 17.9 Å². The quantitative estimate of drug-likeness (QED) is 0.596. The van der Waals surface area contributed by atoms with Crippen molar-refractivity contribution in [1.29, 1.82) is 0 Å². The number of aryl methyl sites for hydroxylation is 1. The van der Waals surface area contributed by atoms with Crippen molar-refractivity contribution >= 4 is 21.4 Å². The number of imidazole rings is 1. The summed E-state index contributed by atoms with van der Waals surface area (Å²) in [5.41, 5.74) is 3.32. The molecule has 33 heavy (non-hydrogen) atoms. The van der Waals surface area contributed by atoms with E-state index in [1.165, 1.54) is 0 Å². The maximum atomic E-state index is 12.8. The summed E-state index contributed by atoms with van der Waals surface area (Å²) in [5, 5.41) is 2.96. The highest BCUT2D eigenvalue weighted by molar-refractivity contribution is 7.91. The van der Waals surface area contributed by atoms with Crippen LogP contribution in [-0.2, 0) is 16.4 Å². The predicted octanol–water partition coefficient (Wildman–Crippen LogP) is 2.21. The molecule has 5 rings (SSSR count). The SMILES string of the molecule is Cc1ccc2nc(COc3ccc(C(=O)NC4CS(=O)(=O)CC4N4CCCC4)cc3)cn2c1. The standard InChI is InChI=1S/C24H28N4O4S/c1-17-4-9-23-25-19(13-28(23)12-17)14-32-20-7-5-18(6-8-20)24(29)26-21-15-33(30,31)16-22(21)27-10-2-3-11-27/h4-9,12-13,21-22H,2-3,10-11,14-16H2,1H3,(H,26,29). The number of aromatic nitrogens is 2. The lowest BCUT2D eigenvalue weighted by Crippen LogP contribution is -2.50. The van der Waals surface area contributed by atoms with Crippen LogP contribution in [0.1, 0.15) is 34.5 Å². The molecule has 2 unspecified atom stereocenters. The minimum atomic E-state index is -3.15. The summed E-state index contributed by atoms with van der Waals surface area (Å²) in [5.74, 6) is 0.495. The maximum Gasteiger partial charge on any atom is 0.251 e. The summed E-state index contributed by atoms with van der Waals surface area (Å²) in [6.07, 6.45) is 6.11. The van der Waals surface area contributed by atoms with E-state index in [1.54, 1.807) is 24.3 Å². The second-order valence-corrected chi connectivity index (χ2v) is 11.1. The van der Waals surface area contributed by atoms with Crippen molar-refractivity contribution in [1.82, 2.24) is 19.6 Å². The van der Waals surface area contributed by atoms with Crippen LogP contribution in [0.2, 0.25) is 0 Å². The van der Waals surface area contributed by atoms with Gasteiger partial charge in [0.05, 0.1) is 23.2 Å². The number of nitrogens with one attached hydrogen (secondary N) is 1. The lowest BCUT2D eigenvalue weighted by atomic mass is 10.1. The fourth-order valence-corrected chi connectivity index (χ4v) is 6.69. The smallest absolute Gasteiger partial charge is 0.251 e. The van der Waals surface area contributed by atoms with Gasteiger partial charge in [-0.25, -0.2) is 13.4 Å². The van der Waals surface area contributed by atoms with Gasteiger partial charge >= 0.3 is 0 Å². The molecule has 1 N–H and O–H groups in total. The fourth-order valence-electron chi connectivity index (χ4n) is 4.74. The Morgan fingerprint density at radius 1 is 1.09 bits per heavy atom. The number of ether oxygens (including phenoxy) is 1. The molecule has 2 atom stereocenters. The maximum absolute atomic E-state index is 12.8. The zero-order valence-electron chi connectivity index (χ0n) is 18.6. The van der Waals surface area contributed by atoms with Gasteiger partial charge in [0.2, 0.25) is 0 Å². The van der Waals surface area contributed by atoms with Crippen molar-refractivity contribution in [2.24, 2.45) is 0 Å². The Morgan fingerprint density at radius 2 is 1.85 bits per heavy atom. The molecule has 0 radical (unpaired) electrons. The molecule has 2 fully saturated rings. The van der Waals surface area contributed by atoms with E-state index in [1.807, 2.05) is 35.9 Å². The van der Waals surface area contributed by atoms with E-state index >= 15 is 0 Å². The fraction of sp³-hybridized carbons (Fsp3) is 0.417. The molecule has 2 saturated heterocycles. The van der Waals surface area contributed by atoms with Crippen LogP contribution >= 0.6 is 0 Å². The summed E-state index contributed by atoms with van der Waals surface area (Å²) < 4.78 is 32.3. The summed E-state index contributed by atoms with van der Waals surface area (Å²) in [4.78, 5) is 19.6. The average molecular weight is 469 g/mol. The number of carbonyl (C=O) groups excluding carboxylic acids is 1. The molecule has 1 aromatic carbocycles. The molecule has 0 saturated carbocycles. The van der Waals surface area contributed by atoms with Crippen molar-refractivity contribution in [3.05, 3.63) is 65.6 Å². The highest BCUT2D eigenvalue weighted by Crippen LogP contribution is 2.23. The molecule has 2 aliphatic heterocycles. The number of nitrogens with zero attached hydrogens (tertiary/aromatic N) is 3. The van der Waals surface area contributed by atoms with Crippen LogP contribution in [0.4, 0.5) is 0 Å². The Kier molecular flexibility index (Phi) is 5.84. The van der Waals surface area contributed by atoms with E-state index in [4.69, 9.17) is 4.74 Å². The van der Waals surface area contributed by atoms with Crippen LogP contribution in [0.25, 0.3) is 5.65 Å². The third-order valence-electron chi connectivity index (χ3n) is 6.40. The number of sulfone groups is 1. The molecule has 2 aliphatic rings. The molecule has 0 spiro atoms. The minimum absolute atomic E-state index is 0.000359. The number of amides is 1. The number of carbonyl (C=O) groups is 1. The molecular formula is C24H28N4O4S. The molecule has 9 heteroatoms. The van der Waals surface area contributed by atoms with Crippen LogP contribution in [0, 0.1) is 6.92 Å². The Hall–Kier alpha value is -2.91. The third kappa shape index (κ3) is 4.89. The number of benzene rings is 1. The van der Waals surface area contributed by atoms with Crippen LogP contribution in [0.5, 0.6) is 5.75 Å². The molecule has 174 valence electrons. The molecule has 2 aromatic heterocycles. The van der Waals surface area contributed by atoms with Gasteiger partial charge in [0.25, 0.3) is 5.91 Å². The molecule has 1 amide bonds. The normalized spacial score (nSPS) is 22.6. The van der Waals surface area contributed by atoms with Crippen LogP contribution < -0.4 is 10.1 Å². The van der Waals surface area contributed by atoms with Crippen LogP contribution in [0.3, 0.4) is 0 Å². The lowest BCUT2D eigenvalue weighted by Gasteiger charge is -2.28. The first-order chi connectivity index (χ1) is 15.9. The molecular weight excluding hydrogens is 440 g/mol. The Morgan fingerprint density at radius 3 is 2.61 bits per heavy atom. The van der Waals surface area contributed by atoms with Gasteiger partial charge in [-0.3, -0.25) is 9.69 Å². The van der Waals surface area contributed by atoms with E-state index in [0.717, 1.165) is 42.8 Å². The van der Waals surface area contributed by atoms with E-state index in [-0.39, 0.29) is 29.5 Å². The molecule has 3 aromatic rings. The second kappa shape index (κ2) is 8.79. The van der Waals surface area contributed by atoms with Crippen molar-refractivity contribution in [2.75, 3.05) is 24.6 Å². The summed E-state index contributed by atoms with van der Waals surface area (Å²) in [6.45, 7) is 4.14. The highest BCUT2D eigenvalue weighted by atomic mass is 32.2. The van der Waals surface area contributed by atoms with E-state index in [0.29, 0.717) is 17.9 Å². The Balaban J connectivity index is 1.20. The van der Waals surface area contributed by atoms with Gasteiger partial charge in [-0.1, -0.05) is 6.07 Å². The molecule has 8 nitrogen and oxygen atoms in total. The number of rotatable bonds is 6. The van der Waals surface area contributed by atoms with Gasteiger partial charge in [0.1, 0.15) is 18.0 Å². The number of pyridine rings is 1. The summed E-state index contributed by atoms with van der Waals surface area (Å²) >= 11 is 0. The van der Waals surface area contributed by atoms with Crippen molar-refractivity contribution in [2.45, 2.75) is 38.5 Å². The first kappa shape index (κ1) is 21.9. The molecule has 0 aliphatic carbocycles. The van der Waals surface area contributed by atoms with Gasteiger partial charge < -0.3 is 14.5 Å². The zero-order valence-corrected chi connectivity index (χ0v) is 19.4. The second-order valence-electron chi connectivity index (χ2n) is 8.98. The summed E-state index contributed by atoms with van der Waals surface area (Å²) in [6, 6.07) is 10.4. The number of fused-ring (bicyclic) bond motifs is 1. The summed E-state index contributed by atoms with van der Waals surface area (Å²) in [7, 11) is -3.15.